The number of benzene rings is 2. The van der Waals surface area contributed by atoms with Gasteiger partial charge in [0.25, 0.3) is 0 Å². The van der Waals surface area contributed by atoms with E-state index in [4.69, 9.17) is 23.8 Å². The number of halogens is 2. The third-order valence-corrected chi connectivity index (χ3v) is 6.86. The molecular weight excluding hydrogens is 592 g/mol. The Balaban J connectivity index is 0.000000695. The van der Waals surface area contributed by atoms with Crippen LogP contribution in [0.25, 0.3) is 22.0 Å². The molecule has 0 saturated carbocycles. The van der Waals surface area contributed by atoms with Crippen LogP contribution in [0.5, 0.6) is 0 Å². The Kier molecular flexibility index (Phi) is 8.41. The van der Waals surface area contributed by atoms with E-state index in [2.05, 4.69) is 26.3 Å². The molecule has 0 spiro atoms. The van der Waals surface area contributed by atoms with Gasteiger partial charge in [-0.15, -0.1) is 15.7 Å². The topological polar surface area (TPSA) is 201 Å². The van der Waals surface area contributed by atoms with Crippen molar-refractivity contribution < 1.29 is 46.8 Å². The molecule has 0 aliphatic rings. The summed E-state index contributed by atoms with van der Waals surface area (Å²) < 4.78 is 60.4. The highest BCUT2D eigenvalue weighted by Gasteiger charge is 2.25. The molecule has 37 heavy (non-hydrogen) atoms. The fraction of sp³-hybridized carbons (Fsp3) is 0.130. The molecule has 0 bridgehead atoms. The third-order valence-electron chi connectivity index (χ3n) is 5.26. The van der Waals surface area contributed by atoms with E-state index in [0.717, 1.165) is 27.0 Å². The fourth-order valence-electron chi connectivity index (χ4n) is 3.90. The molecule has 0 aliphatic heterocycles. The van der Waals surface area contributed by atoms with E-state index >= 15 is 0 Å². The van der Waals surface area contributed by atoms with Gasteiger partial charge in [-0.1, -0.05) is 38.8 Å². The number of aromatic nitrogens is 2. The quantitative estimate of drug-likeness (QED) is 0.247. The summed E-state index contributed by atoms with van der Waals surface area (Å²) in [6.45, 7) is 5.83. The van der Waals surface area contributed by atoms with E-state index in [1.54, 1.807) is 10.7 Å². The fourth-order valence-corrected chi connectivity index (χ4v) is 4.93. The van der Waals surface area contributed by atoms with Gasteiger partial charge in [-0.25, -0.2) is 32.2 Å². The zero-order valence-corrected chi connectivity index (χ0v) is 22.9. The van der Waals surface area contributed by atoms with Crippen molar-refractivity contribution in [3.8, 4) is 11.1 Å². The van der Waals surface area contributed by atoms with Crippen molar-refractivity contribution in [2.24, 2.45) is 5.14 Å². The summed E-state index contributed by atoms with van der Waals surface area (Å²) in [6, 6.07) is 15.9. The molecule has 0 unspecified atom stereocenters. The van der Waals surface area contributed by atoms with Crippen LogP contribution >= 0.6 is 15.9 Å². The molecule has 2 aromatic carbocycles. The minimum absolute atomic E-state index is 0.0242. The molecule has 2 aromatic heterocycles. The number of carbonyl (C=O) groups excluding carboxylic acids is 1. The smallest absolute Gasteiger partial charge is 0.322 e. The molecule has 1 amide bonds. The molecule has 2 heterocycles. The lowest BCUT2D eigenvalue weighted by Gasteiger charge is -2.17. The summed E-state index contributed by atoms with van der Waals surface area (Å²) in [6.07, 6.45) is 0. The van der Waals surface area contributed by atoms with Gasteiger partial charge in [-0.2, -0.15) is 0 Å². The van der Waals surface area contributed by atoms with Crippen molar-refractivity contribution in [1.82, 2.24) is 4.98 Å². The molecule has 0 fully saturated rings. The van der Waals surface area contributed by atoms with Gasteiger partial charge >= 0.3 is 5.91 Å². The lowest BCUT2D eigenvalue weighted by atomic mass is 10.0. The van der Waals surface area contributed by atoms with Crippen LogP contribution < -0.4 is 33.9 Å². The first kappa shape index (κ1) is 28.7. The van der Waals surface area contributed by atoms with Crippen LogP contribution in [-0.4, -0.2) is 19.3 Å². The number of H-pyrrole nitrogens is 1. The van der Waals surface area contributed by atoms with Crippen molar-refractivity contribution in [3.63, 3.8) is 0 Å². The van der Waals surface area contributed by atoms with E-state index in [1.807, 2.05) is 57.2 Å². The Morgan fingerprint density at radius 2 is 1.57 bits per heavy atom. The maximum Gasteiger partial charge on any atom is 0.322 e. The number of fused-ring (bicyclic) bond motifs is 1. The summed E-state index contributed by atoms with van der Waals surface area (Å²) in [5.41, 5.74) is 8.07. The predicted octanol–water partition coefficient (Wildman–Crippen LogP) is -0.915. The van der Waals surface area contributed by atoms with E-state index in [9.17, 15) is 13.2 Å². The Hall–Kier alpha value is -2.88. The number of hydrogen-bond donors (Lipinski definition) is 3. The predicted molar refractivity (Wildman–Crippen MR) is 127 cm³/mol. The van der Waals surface area contributed by atoms with Crippen LogP contribution in [0.15, 0.2) is 64.0 Å². The number of rotatable bonds is 4. The standard InChI is InChI=1S/C23H21BrN4O3S.ClHO4/c1-13-10-14(2)28(15(3)11-13)27-23(29)22-21(17-6-4-5-7-19(17)24)18-12-16(32(25,30)31)8-9-20(18)26-22;2-1(3,4)5/h4-12H,1-3H3,(H3-,25,26,27,29,30,31);(H,2,3,4,5). The van der Waals surface area contributed by atoms with Gasteiger partial charge in [0.05, 0.1) is 4.90 Å². The number of nitrogens with zero attached hydrogens (tertiary/aromatic N) is 1. The highest BCUT2D eigenvalue weighted by molar-refractivity contribution is 9.10. The number of sulfonamides is 1. The van der Waals surface area contributed by atoms with Crippen molar-refractivity contribution in [1.29, 1.82) is 0 Å². The van der Waals surface area contributed by atoms with Gasteiger partial charge in [-0.3, -0.25) is 4.79 Å². The minimum atomic E-state index is -4.94. The highest BCUT2D eigenvalue weighted by Crippen LogP contribution is 2.37. The van der Waals surface area contributed by atoms with Gasteiger partial charge in [0, 0.05) is 46.9 Å². The monoisotopic (exact) mass is 612 g/mol. The van der Waals surface area contributed by atoms with Crippen LogP contribution in [-0.2, 0) is 10.0 Å². The third kappa shape index (κ3) is 7.12. The largest absolute Gasteiger partial charge is 0.350 e. The molecule has 0 saturated heterocycles. The number of primary sulfonamides is 1. The average molecular weight is 614 g/mol. The molecule has 4 aromatic rings. The molecule has 0 radical (unpaired) electrons. The second kappa shape index (κ2) is 10.8. The molecule has 0 atom stereocenters. The summed E-state index contributed by atoms with van der Waals surface area (Å²) >= 11 is 3.55. The Morgan fingerprint density at radius 3 is 2.11 bits per heavy atom. The molecule has 14 heteroatoms. The highest BCUT2D eigenvalue weighted by atomic mass is 79.9. The van der Waals surface area contributed by atoms with Crippen LogP contribution in [0.3, 0.4) is 0 Å². The van der Waals surface area contributed by atoms with Crippen LogP contribution in [0, 0.1) is 31.0 Å². The minimum Gasteiger partial charge on any atom is -0.350 e. The maximum absolute atomic E-state index is 13.4. The number of carbonyl (C=O) groups is 1. The Morgan fingerprint density at radius 1 is 1.00 bits per heavy atom. The maximum atomic E-state index is 13.4. The summed E-state index contributed by atoms with van der Waals surface area (Å²) in [7, 11) is -8.85. The number of pyridine rings is 1. The van der Waals surface area contributed by atoms with E-state index in [-0.39, 0.29) is 10.8 Å². The summed E-state index contributed by atoms with van der Waals surface area (Å²) in [5, 5.41) is 5.93. The van der Waals surface area contributed by atoms with Crippen LogP contribution in [0.2, 0.25) is 0 Å². The number of hydrogen-bond acceptors (Lipinski definition) is 7. The van der Waals surface area contributed by atoms with Crippen LogP contribution in [0.4, 0.5) is 0 Å². The van der Waals surface area contributed by atoms with Crippen molar-refractivity contribution in [2.75, 3.05) is 5.43 Å². The molecule has 4 rings (SSSR count). The van der Waals surface area contributed by atoms with E-state index in [0.29, 0.717) is 22.2 Å². The van der Waals surface area contributed by atoms with E-state index < -0.39 is 20.3 Å². The first-order chi connectivity index (χ1) is 17.1. The number of nitrogens with one attached hydrogen (secondary N) is 2. The van der Waals surface area contributed by atoms with Gasteiger partial charge in [0.2, 0.25) is 21.4 Å². The van der Waals surface area contributed by atoms with Gasteiger partial charge in [0.15, 0.2) is 0 Å². The first-order valence-electron chi connectivity index (χ1n) is 10.4. The van der Waals surface area contributed by atoms with Gasteiger partial charge in [0.1, 0.15) is 5.69 Å². The normalized spacial score (nSPS) is 11.7. The molecule has 0 aliphatic carbocycles. The first-order valence-corrected chi connectivity index (χ1v) is 14.0. The van der Waals surface area contributed by atoms with Gasteiger partial charge in [-0.05, 0) is 42.3 Å². The van der Waals surface area contributed by atoms with Gasteiger partial charge < -0.3 is 4.98 Å². The Bertz CT molecular complexity index is 1570. The molecular formula is C23H22BrClN4O7S. The van der Waals surface area contributed by atoms with Crippen molar-refractivity contribution in [3.05, 3.63) is 81.7 Å². The molecule has 196 valence electrons. The SMILES string of the molecule is Cc1cc(C)[n+](NC(=O)c2[nH]c3ccc(S(N)(=O)=O)cc3c2-c2ccccc2Br)c(C)c1.[O-][Cl+3]([O-])([O-])[O-]. The lowest BCUT2D eigenvalue weighted by molar-refractivity contribution is -2.00. The van der Waals surface area contributed by atoms with E-state index in [1.165, 1.54) is 12.1 Å². The number of nitrogens with two attached hydrogens (primary N) is 1. The second-order valence-electron chi connectivity index (χ2n) is 8.08. The van der Waals surface area contributed by atoms with Crippen molar-refractivity contribution in [2.45, 2.75) is 25.7 Å². The second-order valence-corrected chi connectivity index (χ2v) is 11.2. The Labute approximate surface area is 223 Å². The summed E-state index contributed by atoms with van der Waals surface area (Å²) in [5.74, 6) is -0.357. The summed E-state index contributed by atoms with van der Waals surface area (Å²) in [4.78, 5) is 16.6. The lowest BCUT2D eigenvalue weighted by Crippen LogP contribution is -2.68. The average Bonchev–Trinajstić information content (AvgIpc) is 3.13. The number of amides is 1. The van der Waals surface area contributed by atoms with Crippen LogP contribution in [0.1, 0.15) is 27.4 Å². The zero-order valence-electron chi connectivity index (χ0n) is 19.7. The number of aromatic amines is 1. The number of aryl methyl sites for hydroxylation is 3. The van der Waals surface area contributed by atoms with Crippen molar-refractivity contribution >= 4 is 42.8 Å². The molecule has 4 N–H and O–H groups in total. The molecule has 11 nitrogen and oxygen atoms in total. The zero-order chi connectivity index (χ0) is 27.7.